The lowest BCUT2D eigenvalue weighted by Crippen LogP contribution is -2.28. The van der Waals surface area contributed by atoms with E-state index in [4.69, 9.17) is 4.74 Å². The van der Waals surface area contributed by atoms with E-state index in [9.17, 15) is 21.6 Å². The van der Waals surface area contributed by atoms with E-state index >= 15 is 0 Å². The molecule has 2 N–H and O–H groups in total. The zero-order valence-corrected chi connectivity index (χ0v) is 18.7. The number of benzene rings is 2. The molecule has 168 valence electrons. The first-order valence-corrected chi connectivity index (χ1v) is 12.8. The fourth-order valence-electron chi connectivity index (χ4n) is 3.13. The molecule has 0 saturated carbocycles. The van der Waals surface area contributed by atoms with Crippen molar-refractivity contribution >= 4 is 31.6 Å². The Morgan fingerprint density at radius 2 is 1.65 bits per heavy atom. The van der Waals surface area contributed by atoms with Crippen LogP contribution in [0.25, 0.3) is 0 Å². The molecule has 0 atom stereocenters. The Morgan fingerprint density at radius 3 is 2.29 bits per heavy atom. The van der Waals surface area contributed by atoms with E-state index in [1.54, 1.807) is 25.1 Å². The Morgan fingerprint density at radius 1 is 1.00 bits per heavy atom. The first kappa shape index (κ1) is 23.0. The minimum atomic E-state index is -3.94. The lowest BCUT2D eigenvalue weighted by atomic mass is 10.3. The van der Waals surface area contributed by atoms with Gasteiger partial charge in [0.25, 0.3) is 15.9 Å². The molecule has 1 amide bonds. The molecule has 3 rings (SSSR count). The van der Waals surface area contributed by atoms with Gasteiger partial charge in [-0.1, -0.05) is 6.07 Å². The highest BCUT2D eigenvalue weighted by molar-refractivity contribution is 7.92. The quantitative estimate of drug-likeness (QED) is 0.580. The molecule has 9 nitrogen and oxygen atoms in total. The molecular weight excluding hydrogens is 442 g/mol. The second-order valence-electron chi connectivity index (χ2n) is 6.96. The van der Waals surface area contributed by atoms with E-state index in [1.165, 1.54) is 34.6 Å². The highest BCUT2D eigenvalue weighted by Crippen LogP contribution is 2.24. The molecule has 0 aliphatic carbocycles. The highest BCUT2D eigenvalue weighted by Gasteiger charge is 2.27. The molecule has 0 unspecified atom stereocenters. The number of amides is 1. The van der Waals surface area contributed by atoms with Crippen molar-refractivity contribution in [2.24, 2.45) is 0 Å². The van der Waals surface area contributed by atoms with Crippen LogP contribution in [0.4, 0.5) is 5.69 Å². The van der Waals surface area contributed by atoms with Crippen LogP contribution in [0.3, 0.4) is 0 Å². The van der Waals surface area contributed by atoms with Crippen LogP contribution in [-0.4, -0.2) is 53.3 Å². The molecule has 1 heterocycles. The third kappa shape index (κ3) is 5.75. The summed E-state index contributed by atoms with van der Waals surface area (Å²) < 4.78 is 59.8. The molecule has 0 spiro atoms. The van der Waals surface area contributed by atoms with Gasteiger partial charge < -0.3 is 10.1 Å². The summed E-state index contributed by atoms with van der Waals surface area (Å²) in [7, 11) is -7.56. The summed E-state index contributed by atoms with van der Waals surface area (Å²) >= 11 is 0. The Hall–Kier alpha value is -2.63. The summed E-state index contributed by atoms with van der Waals surface area (Å²) in [6, 6.07) is 11.3. The molecule has 31 heavy (non-hydrogen) atoms. The van der Waals surface area contributed by atoms with Gasteiger partial charge in [-0.15, -0.1) is 0 Å². The maximum Gasteiger partial charge on any atom is 0.261 e. The van der Waals surface area contributed by atoms with Crippen LogP contribution in [0.1, 0.15) is 19.8 Å². The maximum absolute atomic E-state index is 12.7. The van der Waals surface area contributed by atoms with Crippen LogP contribution >= 0.6 is 0 Å². The monoisotopic (exact) mass is 467 g/mol. The number of nitrogens with one attached hydrogen (secondary N) is 2. The number of ether oxygens (including phenoxy) is 1. The lowest BCUT2D eigenvalue weighted by Gasteiger charge is -2.16. The molecule has 0 radical (unpaired) electrons. The van der Waals surface area contributed by atoms with Crippen LogP contribution in [0.5, 0.6) is 5.75 Å². The Labute approximate surface area is 182 Å². The van der Waals surface area contributed by atoms with Crippen LogP contribution < -0.4 is 14.8 Å². The molecule has 1 aliphatic heterocycles. The van der Waals surface area contributed by atoms with Crippen molar-refractivity contribution in [3.8, 4) is 5.75 Å². The van der Waals surface area contributed by atoms with Crippen LogP contribution in [0.2, 0.25) is 0 Å². The molecule has 11 heteroatoms. The molecule has 1 saturated heterocycles. The summed E-state index contributed by atoms with van der Waals surface area (Å²) in [4.78, 5) is 11.5. The van der Waals surface area contributed by atoms with Gasteiger partial charge in [0.1, 0.15) is 5.75 Å². The van der Waals surface area contributed by atoms with Gasteiger partial charge in [0.15, 0.2) is 6.61 Å². The van der Waals surface area contributed by atoms with E-state index in [0.717, 1.165) is 12.8 Å². The predicted molar refractivity (Wildman–Crippen MR) is 116 cm³/mol. The zero-order valence-electron chi connectivity index (χ0n) is 17.1. The summed E-state index contributed by atoms with van der Waals surface area (Å²) in [6.45, 7) is 3.05. The van der Waals surface area contributed by atoms with Crippen molar-refractivity contribution in [2.45, 2.75) is 29.6 Å². The average molecular weight is 468 g/mol. The minimum absolute atomic E-state index is 0.0640. The Kier molecular flexibility index (Phi) is 7.19. The number of nitrogens with zero attached hydrogens (tertiary/aromatic N) is 1. The number of hydrogen-bond donors (Lipinski definition) is 2. The number of hydrogen-bond acceptors (Lipinski definition) is 6. The molecule has 0 aromatic heterocycles. The van der Waals surface area contributed by atoms with Crippen LogP contribution in [-0.2, 0) is 24.8 Å². The van der Waals surface area contributed by atoms with Gasteiger partial charge in [-0.25, -0.2) is 16.8 Å². The van der Waals surface area contributed by atoms with E-state index in [-0.39, 0.29) is 28.0 Å². The smallest absolute Gasteiger partial charge is 0.261 e. The van der Waals surface area contributed by atoms with Gasteiger partial charge in [-0.2, -0.15) is 4.31 Å². The molecular formula is C20H25N3O6S2. The normalized spacial score (nSPS) is 14.9. The molecule has 1 aliphatic rings. The minimum Gasteiger partial charge on any atom is -0.484 e. The van der Waals surface area contributed by atoms with Gasteiger partial charge in [0.2, 0.25) is 10.0 Å². The summed E-state index contributed by atoms with van der Waals surface area (Å²) in [6.07, 6.45) is 1.64. The third-order valence-electron chi connectivity index (χ3n) is 4.67. The number of likely N-dealkylation sites (N-methyl/N-ethyl adjacent to an activating group) is 1. The molecule has 2 aromatic rings. The van der Waals surface area contributed by atoms with E-state index in [0.29, 0.717) is 25.4 Å². The number of rotatable bonds is 9. The predicted octanol–water partition coefficient (Wildman–Crippen LogP) is 1.79. The van der Waals surface area contributed by atoms with Gasteiger partial charge in [-0.05, 0) is 56.2 Å². The fraction of sp³-hybridized carbons (Fsp3) is 0.350. The lowest BCUT2D eigenvalue weighted by molar-refractivity contribution is -0.122. The van der Waals surface area contributed by atoms with Gasteiger partial charge in [-0.3, -0.25) is 9.52 Å². The van der Waals surface area contributed by atoms with Crippen molar-refractivity contribution < 1.29 is 26.4 Å². The average Bonchev–Trinajstić information content (AvgIpc) is 3.28. The molecule has 2 aromatic carbocycles. The standard InChI is InChI=1S/C20H25N3O6S2/c1-2-21-20(24)15-29-17-7-5-6-16(14-17)22-30(25,26)18-8-10-19(11-9-18)31(27,28)23-12-3-4-13-23/h5-11,14,22H,2-4,12-13,15H2,1H3,(H,21,24). The first-order chi connectivity index (χ1) is 14.7. The second kappa shape index (κ2) is 9.67. The van der Waals surface area contributed by atoms with Crippen molar-refractivity contribution in [1.82, 2.24) is 9.62 Å². The zero-order chi connectivity index (χ0) is 22.5. The second-order valence-corrected chi connectivity index (χ2v) is 10.6. The first-order valence-electron chi connectivity index (χ1n) is 9.85. The fourth-order valence-corrected chi connectivity index (χ4v) is 5.70. The van der Waals surface area contributed by atoms with Gasteiger partial charge in [0.05, 0.1) is 15.5 Å². The summed E-state index contributed by atoms with van der Waals surface area (Å²) in [5.74, 6) is 0.0518. The van der Waals surface area contributed by atoms with Crippen molar-refractivity contribution in [1.29, 1.82) is 0 Å². The highest BCUT2D eigenvalue weighted by atomic mass is 32.2. The molecule has 1 fully saturated rings. The topological polar surface area (TPSA) is 122 Å². The van der Waals surface area contributed by atoms with Crippen LogP contribution in [0.15, 0.2) is 58.3 Å². The van der Waals surface area contributed by atoms with Gasteiger partial charge in [0, 0.05) is 25.7 Å². The number of sulfonamides is 2. The van der Waals surface area contributed by atoms with E-state index in [2.05, 4.69) is 10.0 Å². The van der Waals surface area contributed by atoms with E-state index < -0.39 is 20.0 Å². The Balaban J connectivity index is 1.71. The van der Waals surface area contributed by atoms with Gasteiger partial charge >= 0.3 is 0 Å². The SMILES string of the molecule is CCNC(=O)COc1cccc(NS(=O)(=O)c2ccc(S(=O)(=O)N3CCCC3)cc2)c1. The number of carbonyl (C=O) groups excluding carboxylic acids is 1. The Bertz CT molecular complexity index is 1130. The maximum atomic E-state index is 12.7. The van der Waals surface area contributed by atoms with Crippen LogP contribution in [0, 0.1) is 0 Å². The van der Waals surface area contributed by atoms with Crippen molar-refractivity contribution in [3.63, 3.8) is 0 Å². The third-order valence-corrected chi connectivity index (χ3v) is 7.98. The van der Waals surface area contributed by atoms with Crippen molar-refractivity contribution in [3.05, 3.63) is 48.5 Å². The summed E-state index contributed by atoms with van der Waals surface area (Å²) in [5, 5.41) is 2.60. The number of anilines is 1. The molecule has 0 bridgehead atoms. The van der Waals surface area contributed by atoms with E-state index in [1.807, 2.05) is 0 Å². The van der Waals surface area contributed by atoms with Crippen molar-refractivity contribution in [2.75, 3.05) is 31.0 Å². The number of carbonyl (C=O) groups is 1. The summed E-state index contributed by atoms with van der Waals surface area (Å²) in [5.41, 5.74) is 0.252. The largest absolute Gasteiger partial charge is 0.484 e.